The van der Waals surface area contributed by atoms with Gasteiger partial charge in [0.25, 0.3) is 0 Å². The van der Waals surface area contributed by atoms with Gasteiger partial charge in [-0.1, -0.05) is 42.0 Å². The predicted octanol–water partition coefficient (Wildman–Crippen LogP) is 2.84. The lowest BCUT2D eigenvalue weighted by Crippen LogP contribution is -2.46. The highest BCUT2D eigenvalue weighted by molar-refractivity contribution is 7.92. The monoisotopic (exact) mass is 463 g/mol. The lowest BCUT2D eigenvalue weighted by atomic mass is 10.1. The van der Waals surface area contributed by atoms with Crippen LogP contribution in [-0.2, 0) is 26.2 Å². The van der Waals surface area contributed by atoms with Gasteiger partial charge in [0.05, 0.1) is 11.9 Å². The van der Waals surface area contributed by atoms with Crippen molar-refractivity contribution < 1.29 is 22.4 Å². The van der Waals surface area contributed by atoms with Crippen molar-refractivity contribution in [1.29, 1.82) is 0 Å². The van der Waals surface area contributed by atoms with Gasteiger partial charge in [0.1, 0.15) is 11.9 Å². The summed E-state index contributed by atoms with van der Waals surface area (Å²) in [6, 6.07) is 12.6. The molecule has 2 rings (SSSR count). The van der Waals surface area contributed by atoms with Crippen LogP contribution in [0, 0.1) is 12.7 Å². The van der Waals surface area contributed by atoms with E-state index in [2.05, 4.69) is 5.32 Å². The van der Waals surface area contributed by atoms with Crippen LogP contribution >= 0.6 is 0 Å². The number of para-hydroxylation sites is 1. The number of aryl methyl sites for hydroxylation is 1. The van der Waals surface area contributed by atoms with E-state index < -0.39 is 21.9 Å². The summed E-state index contributed by atoms with van der Waals surface area (Å²) >= 11 is 0. The third kappa shape index (κ3) is 6.78. The molecule has 0 spiro atoms. The van der Waals surface area contributed by atoms with Gasteiger partial charge >= 0.3 is 0 Å². The molecule has 0 bridgehead atoms. The van der Waals surface area contributed by atoms with Crippen LogP contribution < -0.4 is 9.62 Å². The van der Waals surface area contributed by atoms with E-state index in [4.69, 9.17) is 0 Å². The summed E-state index contributed by atoms with van der Waals surface area (Å²) in [7, 11) is -2.23. The molecule has 32 heavy (non-hydrogen) atoms. The maximum absolute atomic E-state index is 14.2. The molecule has 7 nitrogen and oxygen atoms in total. The molecule has 1 atom stereocenters. The summed E-state index contributed by atoms with van der Waals surface area (Å²) < 4.78 is 39.5. The number of benzene rings is 2. The number of carbonyl (C=O) groups excluding carboxylic acids is 2. The molecule has 0 saturated heterocycles. The first-order valence-corrected chi connectivity index (χ1v) is 12.2. The summed E-state index contributed by atoms with van der Waals surface area (Å²) in [6.45, 7) is 3.80. The first-order valence-electron chi connectivity index (χ1n) is 10.3. The summed E-state index contributed by atoms with van der Waals surface area (Å²) in [4.78, 5) is 26.7. The van der Waals surface area contributed by atoms with Gasteiger partial charge in [-0.25, -0.2) is 12.8 Å². The summed E-state index contributed by atoms with van der Waals surface area (Å²) in [5, 5.41) is 2.55. The van der Waals surface area contributed by atoms with Crippen LogP contribution in [0.25, 0.3) is 0 Å². The molecule has 0 aliphatic heterocycles. The summed E-state index contributed by atoms with van der Waals surface area (Å²) in [6.07, 6.45) is 1.18. The lowest BCUT2D eigenvalue weighted by molar-refractivity contribution is -0.140. The highest BCUT2D eigenvalue weighted by Gasteiger charge is 2.26. The number of anilines is 1. The molecule has 2 aromatic carbocycles. The lowest BCUT2D eigenvalue weighted by Gasteiger charge is -2.29. The van der Waals surface area contributed by atoms with Gasteiger partial charge in [0.15, 0.2) is 0 Å². The Balaban J connectivity index is 2.14. The van der Waals surface area contributed by atoms with E-state index in [1.165, 1.54) is 30.1 Å². The Morgan fingerprint density at radius 2 is 1.72 bits per heavy atom. The van der Waals surface area contributed by atoms with Crippen LogP contribution in [0.2, 0.25) is 0 Å². The Kier molecular flexibility index (Phi) is 8.77. The number of carbonyl (C=O) groups is 2. The summed E-state index contributed by atoms with van der Waals surface area (Å²) in [5.41, 5.74) is 1.90. The molecule has 0 aliphatic carbocycles. The van der Waals surface area contributed by atoms with Crippen molar-refractivity contribution in [2.24, 2.45) is 0 Å². The quantitative estimate of drug-likeness (QED) is 0.587. The molecule has 0 aromatic heterocycles. The Labute approximate surface area is 189 Å². The van der Waals surface area contributed by atoms with Crippen molar-refractivity contribution in [2.75, 3.05) is 24.2 Å². The molecule has 0 radical (unpaired) electrons. The maximum atomic E-state index is 14.2. The molecule has 2 amide bonds. The topological polar surface area (TPSA) is 86.8 Å². The van der Waals surface area contributed by atoms with E-state index in [9.17, 15) is 22.4 Å². The number of amides is 2. The molecule has 174 valence electrons. The van der Waals surface area contributed by atoms with Crippen molar-refractivity contribution in [3.8, 4) is 0 Å². The molecule has 1 N–H and O–H groups in total. The standard InChI is InChI=1S/C23H30FN3O4S/c1-17-11-13-19(14-12-17)16-26(18(2)23(29)25-3)22(28)10-7-15-27(32(4,30)31)21-9-6-5-8-20(21)24/h5-6,8-9,11-14,18H,7,10,15-16H2,1-4H3,(H,25,29)/t18-/m1/s1. The highest BCUT2D eigenvalue weighted by Crippen LogP contribution is 2.22. The smallest absolute Gasteiger partial charge is 0.242 e. The zero-order chi connectivity index (χ0) is 23.9. The molecular formula is C23H30FN3O4S. The van der Waals surface area contributed by atoms with Crippen LogP contribution in [0.4, 0.5) is 10.1 Å². The van der Waals surface area contributed by atoms with Crippen LogP contribution in [0.1, 0.15) is 30.9 Å². The van der Waals surface area contributed by atoms with Gasteiger partial charge in [-0.15, -0.1) is 0 Å². The van der Waals surface area contributed by atoms with E-state index in [1.807, 2.05) is 31.2 Å². The maximum Gasteiger partial charge on any atom is 0.242 e. The third-order valence-electron chi connectivity index (χ3n) is 5.16. The van der Waals surface area contributed by atoms with Gasteiger partial charge in [0, 0.05) is 26.6 Å². The SMILES string of the molecule is CNC(=O)[C@@H](C)N(Cc1ccc(C)cc1)C(=O)CCCN(c1ccccc1F)S(C)(=O)=O. The number of nitrogens with zero attached hydrogens (tertiary/aromatic N) is 2. The molecule has 0 fully saturated rings. The molecule has 2 aromatic rings. The normalized spacial score (nSPS) is 12.2. The molecule has 0 heterocycles. The number of halogens is 1. The van der Waals surface area contributed by atoms with Gasteiger partial charge in [-0.05, 0) is 38.0 Å². The van der Waals surface area contributed by atoms with Gasteiger partial charge in [-0.3, -0.25) is 13.9 Å². The molecule has 9 heteroatoms. The number of likely N-dealkylation sites (N-methyl/N-ethyl adjacent to an activating group) is 1. The minimum Gasteiger partial charge on any atom is -0.357 e. The van der Waals surface area contributed by atoms with E-state index in [0.29, 0.717) is 0 Å². The second-order valence-electron chi connectivity index (χ2n) is 7.69. The Morgan fingerprint density at radius 3 is 2.28 bits per heavy atom. The van der Waals surface area contributed by atoms with Crippen molar-refractivity contribution in [3.05, 3.63) is 65.5 Å². The van der Waals surface area contributed by atoms with E-state index >= 15 is 0 Å². The minimum atomic E-state index is -3.74. The largest absolute Gasteiger partial charge is 0.357 e. The van der Waals surface area contributed by atoms with Crippen LogP contribution in [0.15, 0.2) is 48.5 Å². The Hall–Kier alpha value is -2.94. The first kappa shape index (κ1) is 25.3. The number of rotatable bonds is 10. The van der Waals surface area contributed by atoms with E-state index in [0.717, 1.165) is 21.7 Å². The number of sulfonamides is 1. The van der Waals surface area contributed by atoms with Gasteiger partial charge in [-0.2, -0.15) is 0 Å². The first-order chi connectivity index (χ1) is 15.0. The summed E-state index contributed by atoms with van der Waals surface area (Å²) in [5.74, 6) is -1.24. The Morgan fingerprint density at radius 1 is 1.09 bits per heavy atom. The van der Waals surface area contributed by atoms with Gasteiger partial charge < -0.3 is 10.2 Å². The highest BCUT2D eigenvalue weighted by atomic mass is 32.2. The average Bonchev–Trinajstić information content (AvgIpc) is 2.75. The van der Waals surface area contributed by atoms with Crippen LogP contribution in [0.3, 0.4) is 0 Å². The van der Waals surface area contributed by atoms with Crippen molar-refractivity contribution >= 4 is 27.5 Å². The van der Waals surface area contributed by atoms with Crippen molar-refractivity contribution in [1.82, 2.24) is 10.2 Å². The van der Waals surface area contributed by atoms with Crippen molar-refractivity contribution in [3.63, 3.8) is 0 Å². The minimum absolute atomic E-state index is 0.00761. The zero-order valence-corrected chi connectivity index (χ0v) is 19.7. The fourth-order valence-corrected chi connectivity index (χ4v) is 4.28. The molecule has 0 aliphatic rings. The molecular weight excluding hydrogens is 433 g/mol. The number of hydrogen-bond donors (Lipinski definition) is 1. The van der Waals surface area contributed by atoms with Gasteiger partial charge in [0.2, 0.25) is 21.8 Å². The number of hydrogen-bond acceptors (Lipinski definition) is 4. The van der Waals surface area contributed by atoms with Crippen molar-refractivity contribution in [2.45, 2.75) is 39.3 Å². The molecule has 0 saturated carbocycles. The molecule has 0 unspecified atom stereocenters. The predicted molar refractivity (Wildman–Crippen MR) is 123 cm³/mol. The van der Waals surface area contributed by atoms with Crippen LogP contribution in [0.5, 0.6) is 0 Å². The van der Waals surface area contributed by atoms with Crippen LogP contribution in [-0.4, -0.2) is 51.0 Å². The second kappa shape index (κ2) is 11.1. The second-order valence-corrected chi connectivity index (χ2v) is 9.59. The fourth-order valence-electron chi connectivity index (χ4n) is 3.32. The zero-order valence-electron chi connectivity index (χ0n) is 18.8. The number of nitrogens with one attached hydrogen (secondary N) is 1. The van der Waals surface area contributed by atoms with E-state index in [-0.39, 0.29) is 43.4 Å². The van der Waals surface area contributed by atoms with E-state index in [1.54, 1.807) is 13.0 Å². The Bertz CT molecular complexity index is 1040. The third-order valence-corrected chi connectivity index (χ3v) is 6.34. The average molecular weight is 464 g/mol. The fraction of sp³-hybridized carbons (Fsp3) is 0.391.